The Morgan fingerprint density at radius 2 is 1.69 bits per heavy atom. The predicted octanol–water partition coefficient (Wildman–Crippen LogP) is 8.53. The summed E-state index contributed by atoms with van der Waals surface area (Å²) in [5, 5.41) is 1.59. The first-order valence-corrected chi connectivity index (χ1v) is 17.6. The van der Waals surface area contributed by atoms with Crippen molar-refractivity contribution < 1.29 is 9.47 Å². The molecule has 4 aliphatic rings. The number of halogens is 1. The Morgan fingerprint density at radius 1 is 1.00 bits per heavy atom. The maximum atomic E-state index is 6.55. The van der Waals surface area contributed by atoms with E-state index in [1.54, 1.807) is 12.3 Å². The van der Waals surface area contributed by atoms with Crippen molar-refractivity contribution in [2.75, 3.05) is 13.9 Å². The number of benzene rings is 2. The fraction of sp³-hybridized carbons (Fsp3) is 0.613. The zero-order valence-corrected chi connectivity index (χ0v) is 25.1. The lowest BCUT2D eigenvalue weighted by molar-refractivity contribution is 0.0495. The minimum absolute atomic E-state index is 0.289. The fourth-order valence-corrected chi connectivity index (χ4v) is 10.8. The van der Waals surface area contributed by atoms with Gasteiger partial charge in [-0.3, -0.25) is 0 Å². The van der Waals surface area contributed by atoms with Crippen molar-refractivity contribution in [3.05, 3.63) is 46.4 Å². The molecule has 0 spiro atoms. The number of methoxy groups -OCH3 is 1. The van der Waals surface area contributed by atoms with Crippen molar-refractivity contribution in [2.24, 2.45) is 23.2 Å². The molecule has 0 aliphatic heterocycles. The average Bonchev–Trinajstić information content (AvgIpc) is 3.20. The number of rotatable bonds is 8. The topological polar surface area (TPSA) is 18.5 Å². The van der Waals surface area contributed by atoms with Crippen LogP contribution in [-0.2, 0) is 10.2 Å². The summed E-state index contributed by atoms with van der Waals surface area (Å²) in [6, 6.07) is 15.1. The van der Waals surface area contributed by atoms with Crippen molar-refractivity contribution in [1.82, 2.24) is 0 Å². The van der Waals surface area contributed by atoms with E-state index in [-0.39, 0.29) is 5.41 Å². The van der Waals surface area contributed by atoms with Gasteiger partial charge in [-0.2, -0.15) is 0 Å². The molecule has 35 heavy (non-hydrogen) atoms. The zero-order chi connectivity index (χ0) is 25.0. The highest BCUT2D eigenvalue weighted by Crippen LogP contribution is 2.67. The highest BCUT2D eigenvalue weighted by atomic mass is 79.9. The molecule has 2 atom stereocenters. The molecule has 2 nitrogen and oxygen atoms in total. The second-order valence-electron chi connectivity index (χ2n) is 13.6. The summed E-state index contributed by atoms with van der Waals surface area (Å²) >= 11 is 3.87. The van der Waals surface area contributed by atoms with E-state index in [0.717, 1.165) is 28.0 Å². The van der Waals surface area contributed by atoms with Crippen LogP contribution in [0.4, 0.5) is 0 Å². The molecule has 4 saturated carbocycles. The van der Waals surface area contributed by atoms with Crippen LogP contribution >= 0.6 is 15.9 Å². The van der Waals surface area contributed by atoms with E-state index < -0.39 is 8.07 Å². The summed E-state index contributed by atoms with van der Waals surface area (Å²) in [6.07, 6.45) is 8.25. The molecule has 0 radical (unpaired) electrons. The molecule has 4 bridgehead atoms. The lowest BCUT2D eigenvalue weighted by Crippen LogP contribution is -2.43. The van der Waals surface area contributed by atoms with Gasteiger partial charge in [0.15, 0.2) is 6.79 Å². The Kier molecular flexibility index (Phi) is 6.81. The second kappa shape index (κ2) is 9.33. The normalized spacial score (nSPS) is 27.6. The van der Waals surface area contributed by atoms with Gasteiger partial charge in [-0.25, -0.2) is 0 Å². The average molecular weight is 556 g/mol. The smallest absolute Gasteiger partial charge is 0.188 e. The van der Waals surface area contributed by atoms with Crippen molar-refractivity contribution >= 4 is 29.2 Å². The molecule has 6 rings (SSSR count). The lowest BCUT2D eigenvalue weighted by atomic mass is 9.70. The van der Waals surface area contributed by atoms with E-state index in [4.69, 9.17) is 9.47 Å². The summed E-state index contributed by atoms with van der Waals surface area (Å²) < 4.78 is 13.2. The molecule has 0 aromatic heterocycles. The Hall–Kier alpha value is -1.10. The Bertz CT molecular complexity index is 1070. The van der Waals surface area contributed by atoms with E-state index in [1.807, 2.05) is 0 Å². The summed E-state index contributed by atoms with van der Waals surface area (Å²) in [7, 11) is 0.0696. The van der Waals surface area contributed by atoms with Crippen LogP contribution in [0.1, 0.15) is 64.9 Å². The van der Waals surface area contributed by atoms with Gasteiger partial charge in [-0.1, -0.05) is 97.8 Å². The van der Waals surface area contributed by atoms with E-state index in [9.17, 15) is 0 Å². The van der Waals surface area contributed by atoms with Crippen molar-refractivity contribution in [3.8, 4) is 16.9 Å². The largest absolute Gasteiger partial charge is 0.467 e. The van der Waals surface area contributed by atoms with Gasteiger partial charge in [0.05, 0.1) is 8.07 Å². The molecule has 4 aliphatic carbocycles. The van der Waals surface area contributed by atoms with E-state index >= 15 is 0 Å². The lowest BCUT2D eigenvalue weighted by Gasteiger charge is -2.37. The Morgan fingerprint density at radius 3 is 2.31 bits per heavy atom. The summed E-state index contributed by atoms with van der Waals surface area (Å²) in [6.45, 7) is 12.6. The van der Waals surface area contributed by atoms with Gasteiger partial charge in [0.2, 0.25) is 0 Å². The van der Waals surface area contributed by atoms with Crippen LogP contribution in [0, 0.1) is 23.2 Å². The van der Waals surface area contributed by atoms with Crippen LogP contribution in [-0.4, -0.2) is 22.0 Å². The molecule has 4 fully saturated rings. The Balaban J connectivity index is 1.71. The van der Waals surface area contributed by atoms with Crippen LogP contribution < -0.4 is 9.92 Å². The van der Waals surface area contributed by atoms with Gasteiger partial charge in [0.25, 0.3) is 0 Å². The minimum atomic E-state index is -1.66. The SMILES string of the molecule is COCOc1c(-c2ccccc2Br)cc([Si](C)(C)CCC(C)(C)C)cc1C12CC3CC(CC1C3)C2. The molecule has 0 saturated heterocycles. The molecular weight excluding hydrogens is 512 g/mol. The van der Waals surface area contributed by atoms with Gasteiger partial charge in [-0.05, 0) is 66.9 Å². The molecule has 4 heteroatoms. The van der Waals surface area contributed by atoms with E-state index in [0.29, 0.717) is 12.2 Å². The maximum absolute atomic E-state index is 6.55. The van der Waals surface area contributed by atoms with Crippen molar-refractivity contribution in [3.63, 3.8) is 0 Å². The summed E-state index contributed by atoms with van der Waals surface area (Å²) in [5.74, 6) is 3.71. The second-order valence-corrected chi connectivity index (χ2v) is 19.3. The highest BCUT2D eigenvalue weighted by molar-refractivity contribution is 9.10. The molecule has 0 amide bonds. The minimum Gasteiger partial charge on any atom is -0.467 e. The van der Waals surface area contributed by atoms with Crippen LogP contribution in [0.25, 0.3) is 11.1 Å². The summed E-state index contributed by atoms with van der Waals surface area (Å²) in [5.41, 5.74) is 4.64. The third-order valence-electron chi connectivity index (χ3n) is 9.38. The molecule has 2 unspecified atom stereocenters. The number of hydrogen-bond acceptors (Lipinski definition) is 2. The van der Waals surface area contributed by atoms with Gasteiger partial charge < -0.3 is 9.47 Å². The third kappa shape index (κ3) is 4.80. The number of hydrogen-bond donors (Lipinski definition) is 0. The first-order valence-electron chi connectivity index (χ1n) is 13.6. The fourth-order valence-electron chi connectivity index (χ4n) is 7.61. The first-order chi connectivity index (χ1) is 16.5. The molecular formula is C31H43BrO2Si. The highest BCUT2D eigenvalue weighted by Gasteiger charge is 2.59. The molecule has 0 heterocycles. The van der Waals surface area contributed by atoms with Crippen molar-refractivity contribution in [2.45, 2.75) is 83.8 Å². The number of ether oxygens (including phenoxy) is 2. The summed E-state index contributed by atoms with van der Waals surface area (Å²) in [4.78, 5) is 0. The van der Waals surface area contributed by atoms with Crippen molar-refractivity contribution in [1.29, 1.82) is 0 Å². The standard InChI is InChI=1S/C31H43BrO2Si/c1-30(2,3)11-12-35(5,6)24-16-26(25-9-7-8-10-28(25)32)29(34-20-33-4)27(17-24)31-18-21-13-22(19-31)15-23(31)14-21/h7-10,16-17,21-23H,11-15,18-20H2,1-6H3. The van der Waals surface area contributed by atoms with E-state index in [2.05, 4.69) is 86.2 Å². The van der Waals surface area contributed by atoms with Gasteiger partial charge in [0, 0.05) is 28.1 Å². The first kappa shape index (κ1) is 25.5. The maximum Gasteiger partial charge on any atom is 0.188 e. The molecule has 190 valence electrons. The predicted molar refractivity (Wildman–Crippen MR) is 153 cm³/mol. The van der Waals surface area contributed by atoms with Crippen LogP contribution in [0.5, 0.6) is 5.75 Å². The van der Waals surface area contributed by atoms with Gasteiger partial charge >= 0.3 is 0 Å². The van der Waals surface area contributed by atoms with Gasteiger partial charge in [0.1, 0.15) is 5.75 Å². The van der Waals surface area contributed by atoms with E-state index in [1.165, 1.54) is 61.3 Å². The molecule has 0 N–H and O–H groups in total. The monoisotopic (exact) mass is 554 g/mol. The van der Waals surface area contributed by atoms with Gasteiger partial charge in [-0.15, -0.1) is 0 Å². The quantitative estimate of drug-likeness (QED) is 0.240. The van der Waals surface area contributed by atoms with Crippen LogP contribution in [0.2, 0.25) is 19.1 Å². The Labute approximate surface area is 222 Å². The zero-order valence-electron chi connectivity index (χ0n) is 22.5. The van der Waals surface area contributed by atoms with Crippen LogP contribution in [0.3, 0.4) is 0 Å². The third-order valence-corrected chi connectivity index (χ3v) is 13.4. The van der Waals surface area contributed by atoms with Crippen LogP contribution in [0.15, 0.2) is 40.9 Å². The molecule has 2 aromatic rings. The molecule has 2 aromatic carbocycles.